The molecule has 1 N–H and O–H groups in total. The molecule has 1 aromatic carbocycles. The first-order valence-electron chi connectivity index (χ1n) is 7.67. The fourth-order valence-corrected chi connectivity index (χ4v) is 2.86. The topological polar surface area (TPSA) is 103 Å². The standard InChI is InChI=1S/C17H15N3O5S/c1-24-16(22)11-4-2-5-12(10-11)18-14(21)7-8-20-17(23)25-15(19-20)13-6-3-9-26-13/h2-6,9-10H,7-8H2,1H3,(H,18,21). The molecule has 9 heteroatoms. The molecule has 3 aromatic rings. The van der Waals surface area contributed by atoms with Gasteiger partial charge in [0, 0.05) is 12.1 Å². The van der Waals surface area contributed by atoms with Crippen LogP contribution in [0.4, 0.5) is 5.69 Å². The number of nitrogens with one attached hydrogen (secondary N) is 1. The van der Waals surface area contributed by atoms with Gasteiger partial charge in [-0.2, -0.15) is 4.68 Å². The van der Waals surface area contributed by atoms with Crippen molar-refractivity contribution in [2.45, 2.75) is 13.0 Å². The largest absolute Gasteiger partial charge is 0.465 e. The minimum Gasteiger partial charge on any atom is -0.465 e. The summed E-state index contributed by atoms with van der Waals surface area (Å²) in [5, 5.41) is 8.60. The maximum atomic E-state index is 12.1. The minimum atomic E-state index is -0.617. The van der Waals surface area contributed by atoms with Gasteiger partial charge in [-0.3, -0.25) is 4.79 Å². The van der Waals surface area contributed by atoms with Crippen molar-refractivity contribution in [3.05, 3.63) is 57.9 Å². The van der Waals surface area contributed by atoms with Gasteiger partial charge in [-0.1, -0.05) is 12.1 Å². The van der Waals surface area contributed by atoms with Crippen molar-refractivity contribution in [1.82, 2.24) is 9.78 Å². The van der Waals surface area contributed by atoms with E-state index in [9.17, 15) is 14.4 Å². The molecule has 2 aromatic heterocycles. The Hall–Kier alpha value is -3.20. The van der Waals surface area contributed by atoms with Crippen LogP contribution in [-0.2, 0) is 16.1 Å². The zero-order chi connectivity index (χ0) is 18.5. The molecule has 0 aliphatic carbocycles. The molecule has 26 heavy (non-hydrogen) atoms. The monoisotopic (exact) mass is 373 g/mol. The van der Waals surface area contributed by atoms with Gasteiger partial charge in [-0.25, -0.2) is 9.59 Å². The summed E-state index contributed by atoms with van der Waals surface area (Å²) in [6.45, 7) is 0.0796. The Morgan fingerprint density at radius 1 is 1.31 bits per heavy atom. The summed E-state index contributed by atoms with van der Waals surface area (Å²) in [4.78, 5) is 36.1. The molecule has 0 fully saturated rings. The van der Waals surface area contributed by atoms with Crippen LogP contribution in [0.1, 0.15) is 16.8 Å². The third-order valence-corrected chi connectivity index (χ3v) is 4.31. The summed E-state index contributed by atoms with van der Waals surface area (Å²) < 4.78 is 10.8. The van der Waals surface area contributed by atoms with E-state index in [1.165, 1.54) is 24.5 Å². The molecule has 0 spiro atoms. The highest BCUT2D eigenvalue weighted by molar-refractivity contribution is 7.13. The van der Waals surface area contributed by atoms with Gasteiger partial charge in [-0.05, 0) is 29.6 Å². The lowest BCUT2D eigenvalue weighted by atomic mass is 10.2. The number of amides is 1. The fraction of sp³-hybridized carbons (Fsp3) is 0.176. The van der Waals surface area contributed by atoms with Gasteiger partial charge in [0.2, 0.25) is 5.91 Å². The Labute approximate surface area is 152 Å². The van der Waals surface area contributed by atoms with Crippen molar-refractivity contribution in [1.29, 1.82) is 0 Å². The molecule has 0 aliphatic rings. The number of ether oxygens (including phenoxy) is 1. The number of thiophene rings is 1. The maximum absolute atomic E-state index is 12.1. The molecule has 0 atom stereocenters. The van der Waals surface area contributed by atoms with Crippen LogP contribution < -0.4 is 11.1 Å². The number of carbonyl (C=O) groups excluding carboxylic acids is 2. The van der Waals surface area contributed by atoms with Gasteiger partial charge in [0.15, 0.2) is 0 Å². The molecule has 2 heterocycles. The SMILES string of the molecule is COC(=O)c1cccc(NC(=O)CCn2nc(-c3cccs3)oc2=O)c1. The first kappa shape index (κ1) is 17.6. The molecule has 3 rings (SSSR count). The lowest BCUT2D eigenvalue weighted by Gasteiger charge is -2.06. The highest BCUT2D eigenvalue weighted by Crippen LogP contribution is 2.21. The van der Waals surface area contributed by atoms with Crippen LogP contribution in [0.2, 0.25) is 0 Å². The number of aromatic nitrogens is 2. The van der Waals surface area contributed by atoms with E-state index in [1.807, 2.05) is 11.4 Å². The summed E-state index contributed by atoms with van der Waals surface area (Å²) >= 11 is 1.40. The lowest BCUT2D eigenvalue weighted by molar-refractivity contribution is -0.116. The predicted octanol–water partition coefficient (Wildman–Crippen LogP) is 2.38. The van der Waals surface area contributed by atoms with Crippen molar-refractivity contribution >= 4 is 28.9 Å². The number of benzene rings is 1. The van der Waals surface area contributed by atoms with E-state index in [4.69, 9.17) is 4.42 Å². The number of hydrogen-bond donors (Lipinski definition) is 1. The average Bonchev–Trinajstić information content (AvgIpc) is 3.29. The van der Waals surface area contributed by atoms with Crippen molar-refractivity contribution < 1.29 is 18.7 Å². The Balaban J connectivity index is 1.61. The van der Waals surface area contributed by atoms with Crippen molar-refractivity contribution in [3.63, 3.8) is 0 Å². The molecule has 0 saturated heterocycles. The average molecular weight is 373 g/mol. The maximum Gasteiger partial charge on any atom is 0.437 e. The zero-order valence-electron chi connectivity index (χ0n) is 13.8. The molecule has 134 valence electrons. The van der Waals surface area contributed by atoms with Crippen LogP contribution in [0.15, 0.2) is 51.0 Å². The van der Waals surface area contributed by atoms with Crippen LogP contribution in [-0.4, -0.2) is 28.8 Å². The number of esters is 1. The van der Waals surface area contributed by atoms with Gasteiger partial charge in [0.1, 0.15) is 0 Å². The summed E-state index contributed by atoms with van der Waals surface area (Å²) in [5.74, 6) is -1.19. The second kappa shape index (κ2) is 7.79. The van der Waals surface area contributed by atoms with Gasteiger partial charge in [-0.15, -0.1) is 16.4 Å². The second-order valence-electron chi connectivity index (χ2n) is 5.24. The molecule has 1 amide bonds. The van der Waals surface area contributed by atoms with E-state index in [0.29, 0.717) is 11.3 Å². The highest BCUT2D eigenvalue weighted by atomic mass is 32.1. The summed E-state index contributed by atoms with van der Waals surface area (Å²) in [6.07, 6.45) is 0.0266. The molecule has 8 nitrogen and oxygen atoms in total. The van der Waals surface area contributed by atoms with Gasteiger partial charge >= 0.3 is 11.7 Å². The van der Waals surface area contributed by atoms with Crippen LogP contribution in [0.25, 0.3) is 10.8 Å². The number of anilines is 1. The summed E-state index contributed by atoms with van der Waals surface area (Å²) in [7, 11) is 1.29. The Bertz CT molecular complexity index is 974. The van der Waals surface area contributed by atoms with E-state index in [-0.39, 0.29) is 24.8 Å². The zero-order valence-corrected chi connectivity index (χ0v) is 14.6. The number of hydrogen-bond acceptors (Lipinski definition) is 7. The molecule has 0 unspecified atom stereocenters. The van der Waals surface area contributed by atoms with Crippen LogP contribution in [0, 0.1) is 0 Å². The van der Waals surface area contributed by atoms with Gasteiger partial charge in [0.25, 0.3) is 5.89 Å². The van der Waals surface area contributed by atoms with Crippen molar-refractivity contribution in [3.8, 4) is 10.8 Å². The third kappa shape index (κ3) is 4.06. The Morgan fingerprint density at radius 2 is 2.15 bits per heavy atom. The van der Waals surface area contributed by atoms with E-state index >= 15 is 0 Å². The smallest absolute Gasteiger partial charge is 0.437 e. The minimum absolute atomic E-state index is 0.0266. The number of aryl methyl sites for hydroxylation is 1. The number of nitrogens with zero attached hydrogens (tertiary/aromatic N) is 2. The number of methoxy groups -OCH3 is 1. The lowest BCUT2D eigenvalue weighted by Crippen LogP contribution is -2.21. The highest BCUT2D eigenvalue weighted by Gasteiger charge is 2.13. The predicted molar refractivity (Wildman–Crippen MR) is 95.1 cm³/mol. The first-order chi connectivity index (χ1) is 12.6. The number of carbonyl (C=O) groups is 2. The van der Waals surface area contributed by atoms with E-state index in [2.05, 4.69) is 15.2 Å². The Kier molecular flexibility index (Phi) is 5.28. The molecular weight excluding hydrogens is 358 g/mol. The van der Waals surface area contributed by atoms with Crippen LogP contribution in [0.3, 0.4) is 0 Å². The molecular formula is C17H15N3O5S. The molecule has 0 saturated carbocycles. The van der Waals surface area contributed by atoms with Crippen molar-refractivity contribution in [2.24, 2.45) is 0 Å². The van der Waals surface area contributed by atoms with Gasteiger partial charge in [0.05, 0.1) is 24.1 Å². The third-order valence-electron chi connectivity index (χ3n) is 3.46. The Morgan fingerprint density at radius 3 is 2.88 bits per heavy atom. The van der Waals surface area contributed by atoms with E-state index in [1.54, 1.807) is 24.3 Å². The first-order valence-corrected chi connectivity index (χ1v) is 8.55. The normalized spacial score (nSPS) is 10.5. The van der Waals surface area contributed by atoms with E-state index < -0.39 is 11.7 Å². The molecule has 0 radical (unpaired) electrons. The van der Waals surface area contributed by atoms with Crippen molar-refractivity contribution in [2.75, 3.05) is 12.4 Å². The quantitative estimate of drug-likeness (QED) is 0.666. The molecule has 0 aliphatic heterocycles. The summed E-state index contributed by atoms with van der Waals surface area (Å²) in [6, 6.07) is 10.0. The molecule has 0 bridgehead atoms. The van der Waals surface area contributed by atoms with Gasteiger partial charge < -0.3 is 14.5 Å². The fourth-order valence-electron chi connectivity index (χ4n) is 2.22. The summed E-state index contributed by atoms with van der Waals surface area (Å²) in [5.41, 5.74) is 0.795. The van der Waals surface area contributed by atoms with Crippen LogP contribution >= 0.6 is 11.3 Å². The number of rotatable bonds is 6. The second-order valence-corrected chi connectivity index (χ2v) is 6.19. The van der Waals surface area contributed by atoms with E-state index in [0.717, 1.165) is 9.56 Å². The van der Waals surface area contributed by atoms with Crippen LogP contribution in [0.5, 0.6) is 0 Å².